The van der Waals surface area contributed by atoms with Gasteiger partial charge in [-0.2, -0.15) is 5.10 Å². The molecule has 3 aromatic carbocycles. The number of nitrogens with one attached hydrogen (secondary N) is 3. The van der Waals surface area contributed by atoms with E-state index < -0.39 is 6.04 Å². The third-order valence-corrected chi connectivity index (χ3v) is 9.75. The van der Waals surface area contributed by atoms with Gasteiger partial charge in [-0.05, 0) is 47.7 Å². The second-order valence-corrected chi connectivity index (χ2v) is 12.9. The van der Waals surface area contributed by atoms with Crippen LogP contribution in [0.5, 0.6) is 0 Å². The summed E-state index contributed by atoms with van der Waals surface area (Å²) in [6, 6.07) is 23.1. The minimum absolute atomic E-state index is 0.0420. The first kappa shape index (κ1) is 31.4. The lowest BCUT2D eigenvalue weighted by Crippen LogP contribution is -2.58. The van der Waals surface area contributed by atoms with Gasteiger partial charge in [0.2, 0.25) is 5.91 Å². The number of hydrogen-bond donors (Lipinski definition) is 3. The average molecular weight is 647 g/mol. The summed E-state index contributed by atoms with van der Waals surface area (Å²) in [7, 11) is 0. The molecule has 1 atom stereocenters. The molecule has 0 aliphatic carbocycles. The van der Waals surface area contributed by atoms with Crippen LogP contribution < -0.4 is 10.6 Å². The zero-order chi connectivity index (χ0) is 32.9. The molecule has 1 aromatic heterocycles. The van der Waals surface area contributed by atoms with Gasteiger partial charge in [-0.3, -0.25) is 14.8 Å². The smallest absolute Gasteiger partial charge is 0.322 e. The molecule has 1 unspecified atom stereocenters. The highest BCUT2D eigenvalue weighted by molar-refractivity contribution is 5.92. The number of anilines is 1. The lowest BCUT2D eigenvalue weighted by Gasteiger charge is -2.41. The van der Waals surface area contributed by atoms with Gasteiger partial charge in [0.15, 0.2) is 0 Å². The summed E-state index contributed by atoms with van der Waals surface area (Å²) in [6.07, 6.45) is 7.81. The number of carbonyl (C=O) groups is 3. The van der Waals surface area contributed by atoms with Crippen LogP contribution in [0.3, 0.4) is 0 Å². The number of urea groups is 2. The first-order valence-corrected chi connectivity index (χ1v) is 16.9. The lowest BCUT2D eigenvalue weighted by atomic mass is 10.0. The molecule has 0 bridgehead atoms. The predicted octanol–water partition coefficient (Wildman–Crippen LogP) is 4.55. The van der Waals surface area contributed by atoms with E-state index in [4.69, 9.17) is 0 Å². The summed E-state index contributed by atoms with van der Waals surface area (Å²) in [6.45, 7) is 5.17. The molecule has 2 saturated heterocycles. The minimum Gasteiger partial charge on any atom is -0.338 e. The summed E-state index contributed by atoms with van der Waals surface area (Å²) >= 11 is 0. The molecule has 3 aliphatic heterocycles. The van der Waals surface area contributed by atoms with Crippen molar-refractivity contribution in [2.24, 2.45) is 0 Å². The summed E-state index contributed by atoms with van der Waals surface area (Å²) in [4.78, 5) is 48.5. The summed E-state index contributed by atoms with van der Waals surface area (Å²) in [5.74, 6) is -0.0614. The fourth-order valence-corrected chi connectivity index (χ4v) is 6.97. The summed E-state index contributed by atoms with van der Waals surface area (Å²) in [5, 5.41) is 14.2. The number of para-hydroxylation sites is 1. The highest BCUT2D eigenvalue weighted by Gasteiger charge is 2.34. The number of fused-ring (bicyclic) bond motifs is 2. The fraction of sp³-hybridized carbons (Fsp3) is 0.351. The number of H-pyrrole nitrogens is 1. The number of likely N-dealkylation sites (tertiary alicyclic amines) is 1. The number of rotatable bonds is 8. The van der Waals surface area contributed by atoms with Crippen molar-refractivity contribution in [2.75, 3.05) is 51.1 Å². The topological polar surface area (TPSA) is 117 Å². The van der Waals surface area contributed by atoms with Crippen LogP contribution >= 0.6 is 0 Å². The van der Waals surface area contributed by atoms with Gasteiger partial charge in [0, 0.05) is 75.9 Å². The number of aromatic amines is 1. The highest BCUT2D eigenvalue weighted by Crippen LogP contribution is 2.27. The largest absolute Gasteiger partial charge is 0.338 e. The molecule has 2 fully saturated rings. The maximum Gasteiger partial charge on any atom is 0.322 e. The average Bonchev–Trinajstić information content (AvgIpc) is 3.60. The number of piperazine rings is 1. The van der Waals surface area contributed by atoms with E-state index in [1.807, 2.05) is 70.5 Å². The number of carbonyl (C=O) groups excluding carboxylic acids is 3. The number of amides is 5. The van der Waals surface area contributed by atoms with Gasteiger partial charge in [0.1, 0.15) is 6.04 Å². The van der Waals surface area contributed by atoms with Crippen molar-refractivity contribution in [3.8, 4) is 0 Å². The van der Waals surface area contributed by atoms with Crippen LogP contribution in [0.25, 0.3) is 17.0 Å². The molecular formula is C37H42N8O3. The van der Waals surface area contributed by atoms with Gasteiger partial charge in [-0.1, -0.05) is 66.7 Å². The summed E-state index contributed by atoms with van der Waals surface area (Å²) in [5.41, 5.74) is 5.01. The Bertz CT molecular complexity index is 1770. The van der Waals surface area contributed by atoms with E-state index in [1.54, 1.807) is 11.1 Å². The van der Waals surface area contributed by atoms with Gasteiger partial charge in [0.05, 0.1) is 11.7 Å². The third-order valence-electron chi connectivity index (χ3n) is 9.75. The quantitative estimate of drug-likeness (QED) is 0.260. The minimum atomic E-state index is -0.700. The van der Waals surface area contributed by atoms with Crippen LogP contribution in [0.2, 0.25) is 0 Å². The van der Waals surface area contributed by atoms with Crippen LogP contribution in [0.1, 0.15) is 29.5 Å². The molecule has 0 radical (unpaired) electrons. The van der Waals surface area contributed by atoms with Crippen molar-refractivity contribution in [3.63, 3.8) is 0 Å². The van der Waals surface area contributed by atoms with Crippen LogP contribution in [0, 0.1) is 0 Å². The van der Waals surface area contributed by atoms with E-state index in [0.29, 0.717) is 52.0 Å². The second kappa shape index (κ2) is 14.3. The Morgan fingerprint density at radius 3 is 2.50 bits per heavy atom. The van der Waals surface area contributed by atoms with Crippen LogP contribution in [0.4, 0.5) is 15.3 Å². The predicted molar refractivity (Wildman–Crippen MR) is 186 cm³/mol. The fourth-order valence-electron chi connectivity index (χ4n) is 6.97. The molecule has 248 valence electrons. The van der Waals surface area contributed by atoms with Crippen LogP contribution in [-0.4, -0.2) is 106 Å². The van der Waals surface area contributed by atoms with E-state index in [-0.39, 0.29) is 24.0 Å². The van der Waals surface area contributed by atoms with E-state index >= 15 is 0 Å². The first-order valence-electron chi connectivity index (χ1n) is 16.9. The SMILES string of the molecule is O=C(NC(Cc1ccc2[nH]ncc2c1)C(=O)N1CCN(C/C=C/c2ccccc2)CC1)N1CCC(N2Cc3ccccc3NC2=O)CC1. The third kappa shape index (κ3) is 7.21. The number of aromatic nitrogens is 2. The van der Waals surface area contributed by atoms with E-state index in [2.05, 4.69) is 50.0 Å². The van der Waals surface area contributed by atoms with Gasteiger partial charge in [-0.15, -0.1) is 0 Å². The van der Waals surface area contributed by atoms with E-state index in [1.165, 1.54) is 5.56 Å². The normalized spacial score (nSPS) is 18.2. The molecule has 3 aliphatic rings. The number of hydrogen-bond acceptors (Lipinski definition) is 5. The van der Waals surface area contributed by atoms with Crippen LogP contribution in [0.15, 0.2) is 85.1 Å². The van der Waals surface area contributed by atoms with Gasteiger partial charge < -0.3 is 25.3 Å². The molecule has 4 heterocycles. The van der Waals surface area contributed by atoms with E-state index in [0.717, 1.165) is 47.4 Å². The maximum absolute atomic E-state index is 14.0. The maximum atomic E-state index is 14.0. The Hall–Kier alpha value is -5.16. The number of benzene rings is 3. The Balaban J connectivity index is 0.972. The van der Waals surface area contributed by atoms with Crippen molar-refractivity contribution in [1.29, 1.82) is 0 Å². The Morgan fingerprint density at radius 1 is 0.917 bits per heavy atom. The highest BCUT2D eigenvalue weighted by atomic mass is 16.2. The molecule has 48 heavy (non-hydrogen) atoms. The van der Waals surface area contributed by atoms with Crippen molar-refractivity contribution in [2.45, 2.75) is 37.9 Å². The number of piperidine rings is 1. The van der Waals surface area contributed by atoms with E-state index in [9.17, 15) is 14.4 Å². The molecule has 0 saturated carbocycles. The lowest BCUT2D eigenvalue weighted by molar-refractivity contribution is -0.135. The van der Waals surface area contributed by atoms with Crippen molar-refractivity contribution >= 4 is 40.6 Å². The molecule has 4 aromatic rings. The Kier molecular flexibility index (Phi) is 9.37. The first-order chi connectivity index (χ1) is 23.5. The molecule has 5 amide bonds. The van der Waals surface area contributed by atoms with Gasteiger partial charge in [-0.25, -0.2) is 9.59 Å². The standard InChI is InChI=1S/C37H42N8O3/c46-35(43-21-19-42(20-22-43)16-6-9-27-7-2-1-3-8-27)34(24-28-12-13-33-30(23-28)25-38-41-33)40-36(47)44-17-14-31(15-18-44)45-26-29-10-4-5-11-32(29)39-37(45)48/h1-13,23,25,31,34H,14-22,24,26H2,(H,38,41)(H,39,48)(H,40,47)/b9-6+. The Morgan fingerprint density at radius 2 is 1.69 bits per heavy atom. The van der Waals surface area contributed by atoms with Crippen molar-refractivity contribution in [1.82, 2.24) is 35.1 Å². The molecule has 3 N–H and O–H groups in total. The zero-order valence-corrected chi connectivity index (χ0v) is 27.1. The van der Waals surface area contributed by atoms with Gasteiger partial charge in [0.25, 0.3) is 0 Å². The second-order valence-electron chi connectivity index (χ2n) is 12.9. The van der Waals surface area contributed by atoms with Crippen LogP contribution in [-0.2, 0) is 17.8 Å². The summed E-state index contributed by atoms with van der Waals surface area (Å²) < 4.78 is 0. The number of nitrogens with zero attached hydrogens (tertiary/aromatic N) is 5. The molecule has 7 rings (SSSR count). The van der Waals surface area contributed by atoms with Crippen molar-refractivity contribution in [3.05, 3.63) is 102 Å². The monoisotopic (exact) mass is 646 g/mol. The molecular weight excluding hydrogens is 604 g/mol. The molecule has 0 spiro atoms. The van der Waals surface area contributed by atoms with Gasteiger partial charge >= 0.3 is 12.1 Å². The molecule has 11 nitrogen and oxygen atoms in total. The molecule has 11 heteroatoms. The zero-order valence-electron chi connectivity index (χ0n) is 27.1. The Labute approximate surface area is 280 Å². The van der Waals surface area contributed by atoms with Crippen molar-refractivity contribution < 1.29 is 14.4 Å².